The fraction of sp³-hybridized carbons (Fsp3) is 0.278. The molecule has 0 heterocycles. The fourth-order valence-corrected chi connectivity index (χ4v) is 2.00. The van der Waals surface area contributed by atoms with Gasteiger partial charge in [-0.05, 0) is 41.8 Å². The van der Waals surface area contributed by atoms with Crippen LogP contribution in [-0.2, 0) is 13.0 Å². The smallest absolute Gasteiger partial charge is 0.119 e. The summed E-state index contributed by atoms with van der Waals surface area (Å²) in [5.74, 6) is 0.917. The molecule has 3 heteroatoms. The summed E-state index contributed by atoms with van der Waals surface area (Å²) in [6, 6.07) is 18.3. The van der Waals surface area contributed by atoms with Gasteiger partial charge in [0.25, 0.3) is 0 Å². The molecule has 0 aliphatic heterocycles. The predicted octanol–water partition coefficient (Wildman–Crippen LogP) is 4.15. The van der Waals surface area contributed by atoms with E-state index in [1.165, 1.54) is 5.56 Å². The summed E-state index contributed by atoms with van der Waals surface area (Å²) in [6.45, 7) is 3.60. The van der Waals surface area contributed by atoms with Gasteiger partial charge < -0.3 is 10.1 Å². The summed E-state index contributed by atoms with van der Waals surface area (Å²) >= 11 is 0. The van der Waals surface area contributed by atoms with Crippen LogP contribution in [-0.4, -0.2) is 6.61 Å². The zero-order valence-corrected chi connectivity index (χ0v) is 12.3. The number of hydrogen-bond acceptors (Lipinski definition) is 3. The van der Waals surface area contributed by atoms with Crippen molar-refractivity contribution in [1.29, 1.82) is 5.26 Å². The quantitative estimate of drug-likeness (QED) is 0.828. The minimum atomic E-state index is 0.455. The zero-order valence-electron chi connectivity index (χ0n) is 12.3. The third-order valence-electron chi connectivity index (χ3n) is 3.11. The van der Waals surface area contributed by atoms with Crippen molar-refractivity contribution in [2.75, 3.05) is 11.9 Å². The molecule has 0 aliphatic rings. The number of ether oxygens (including phenoxy) is 1. The Balaban J connectivity index is 1.91. The lowest BCUT2D eigenvalue weighted by molar-refractivity contribution is 0.317. The molecule has 0 spiro atoms. The number of nitrogens with one attached hydrogen (secondary N) is 1. The predicted molar refractivity (Wildman–Crippen MR) is 85.3 cm³/mol. The lowest BCUT2D eigenvalue weighted by Gasteiger charge is -2.09. The van der Waals surface area contributed by atoms with Gasteiger partial charge in [-0.1, -0.05) is 31.2 Å². The molecule has 0 radical (unpaired) electrons. The molecular weight excluding hydrogens is 260 g/mol. The van der Waals surface area contributed by atoms with Gasteiger partial charge in [-0.25, -0.2) is 0 Å². The highest BCUT2D eigenvalue weighted by Crippen LogP contribution is 2.16. The highest BCUT2D eigenvalue weighted by atomic mass is 16.5. The number of hydrogen-bond donors (Lipinski definition) is 1. The Hall–Kier alpha value is -2.47. The normalized spacial score (nSPS) is 9.90. The molecule has 0 unspecified atom stereocenters. The first-order chi connectivity index (χ1) is 10.3. The van der Waals surface area contributed by atoms with Gasteiger partial charge in [0.2, 0.25) is 0 Å². The maximum Gasteiger partial charge on any atom is 0.119 e. The Morgan fingerprint density at radius 3 is 2.62 bits per heavy atom. The maximum atomic E-state index is 8.65. The summed E-state index contributed by atoms with van der Waals surface area (Å²) in [5, 5.41) is 12.0. The van der Waals surface area contributed by atoms with Crippen LogP contribution in [0.15, 0.2) is 48.5 Å². The van der Waals surface area contributed by atoms with Crippen LogP contribution in [0.1, 0.15) is 24.5 Å². The molecule has 108 valence electrons. The average Bonchev–Trinajstić information content (AvgIpc) is 2.53. The van der Waals surface area contributed by atoms with E-state index in [4.69, 9.17) is 10.00 Å². The van der Waals surface area contributed by atoms with E-state index < -0.39 is 0 Å². The minimum Gasteiger partial charge on any atom is -0.494 e. The second-order valence-electron chi connectivity index (χ2n) is 4.88. The lowest BCUT2D eigenvalue weighted by atomic mass is 10.1. The SMILES string of the molecule is CCCOc1cccc(CNc2ccc(CC#N)cc2)c1. The van der Waals surface area contributed by atoms with Crippen molar-refractivity contribution >= 4 is 5.69 Å². The number of nitrogens with zero attached hydrogens (tertiary/aromatic N) is 1. The van der Waals surface area contributed by atoms with Crippen LogP contribution in [0.25, 0.3) is 0 Å². The molecule has 2 rings (SSSR count). The minimum absolute atomic E-state index is 0.455. The van der Waals surface area contributed by atoms with Gasteiger partial charge in [-0.2, -0.15) is 5.26 Å². The molecule has 0 aromatic heterocycles. The molecule has 2 aromatic rings. The van der Waals surface area contributed by atoms with Crippen molar-refractivity contribution in [3.8, 4) is 11.8 Å². The van der Waals surface area contributed by atoms with Gasteiger partial charge in [0.05, 0.1) is 19.1 Å². The van der Waals surface area contributed by atoms with Crippen LogP contribution in [0.4, 0.5) is 5.69 Å². The van der Waals surface area contributed by atoms with Gasteiger partial charge in [-0.3, -0.25) is 0 Å². The molecule has 0 fully saturated rings. The highest BCUT2D eigenvalue weighted by molar-refractivity contribution is 5.46. The number of benzene rings is 2. The Kier molecular flexibility index (Phi) is 5.66. The highest BCUT2D eigenvalue weighted by Gasteiger charge is 1.98. The summed E-state index contributed by atoms with van der Waals surface area (Å²) in [4.78, 5) is 0. The van der Waals surface area contributed by atoms with E-state index in [-0.39, 0.29) is 0 Å². The molecule has 3 nitrogen and oxygen atoms in total. The van der Waals surface area contributed by atoms with Crippen LogP contribution in [0.3, 0.4) is 0 Å². The van der Waals surface area contributed by atoms with Crippen LogP contribution in [0.2, 0.25) is 0 Å². The van der Waals surface area contributed by atoms with E-state index in [1.807, 2.05) is 36.4 Å². The Labute approximate surface area is 126 Å². The molecule has 21 heavy (non-hydrogen) atoms. The van der Waals surface area contributed by atoms with Gasteiger partial charge in [0.1, 0.15) is 5.75 Å². The number of nitriles is 1. The van der Waals surface area contributed by atoms with Gasteiger partial charge in [0, 0.05) is 12.2 Å². The van der Waals surface area contributed by atoms with Crippen molar-refractivity contribution in [3.05, 3.63) is 59.7 Å². The van der Waals surface area contributed by atoms with Crippen LogP contribution < -0.4 is 10.1 Å². The third kappa shape index (κ3) is 4.85. The molecular formula is C18H20N2O. The maximum absolute atomic E-state index is 8.65. The van der Waals surface area contributed by atoms with Crippen molar-refractivity contribution in [2.24, 2.45) is 0 Å². The average molecular weight is 280 g/mol. The number of rotatable bonds is 7. The largest absolute Gasteiger partial charge is 0.494 e. The van der Waals surface area contributed by atoms with E-state index in [0.717, 1.165) is 36.6 Å². The molecule has 0 bridgehead atoms. The molecule has 0 atom stereocenters. The summed E-state index contributed by atoms with van der Waals surface area (Å²) < 4.78 is 5.63. The topological polar surface area (TPSA) is 45.0 Å². The van der Waals surface area contributed by atoms with Gasteiger partial charge in [0.15, 0.2) is 0 Å². The number of anilines is 1. The first-order valence-corrected chi connectivity index (χ1v) is 7.23. The van der Waals surface area contributed by atoms with E-state index >= 15 is 0 Å². The molecule has 0 saturated carbocycles. The molecule has 0 amide bonds. The summed E-state index contributed by atoms with van der Waals surface area (Å²) in [5.41, 5.74) is 3.28. The molecule has 0 saturated heterocycles. The van der Waals surface area contributed by atoms with Crippen LogP contribution >= 0.6 is 0 Å². The van der Waals surface area contributed by atoms with Crippen molar-refractivity contribution < 1.29 is 4.74 Å². The molecule has 0 aliphatic carbocycles. The monoisotopic (exact) mass is 280 g/mol. The fourth-order valence-electron chi connectivity index (χ4n) is 2.00. The second-order valence-corrected chi connectivity index (χ2v) is 4.88. The van der Waals surface area contributed by atoms with E-state index in [0.29, 0.717) is 6.42 Å². The van der Waals surface area contributed by atoms with Gasteiger partial charge in [-0.15, -0.1) is 0 Å². The van der Waals surface area contributed by atoms with Crippen molar-refractivity contribution in [1.82, 2.24) is 0 Å². The zero-order chi connectivity index (χ0) is 14.9. The molecule has 2 aromatic carbocycles. The summed E-state index contributed by atoms with van der Waals surface area (Å²) in [6.07, 6.45) is 1.47. The van der Waals surface area contributed by atoms with E-state index in [1.54, 1.807) is 0 Å². The van der Waals surface area contributed by atoms with E-state index in [2.05, 4.69) is 30.4 Å². The van der Waals surface area contributed by atoms with Crippen molar-refractivity contribution in [3.63, 3.8) is 0 Å². The van der Waals surface area contributed by atoms with Crippen LogP contribution in [0.5, 0.6) is 5.75 Å². The Morgan fingerprint density at radius 2 is 1.90 bits per heavy atom. The Bertz CT molecular complexity index is 599. The summed E-state index contributed by atoms with van der Waals surface area (Å²) in [7, 11) is 0. The van der Waals surface area contributed by atoms with E-state index in [9.17, 15) is 0 Å². The van der Waals surface area contributed by atoms with Gasteiger partial charge >= 0.3 is 0 Å². The van der Waals surface area contributed by atoms with Crippen LogP contribution in [0, 0.1) is 11.3 Å². The second kappa shape index (κ2) is 7.96. The third-order valence-corrected chi connectivity index (χ3v) is 3.11. The molecule has 1 N–H and O–H groups in total. The van der Waals surface area contributed by atoms with Crippen molar-refractivity contribution in [2.45, 2.75) is 26.3 Å². The standard InChI is InChI=1S/C18H20N2O/c1-2-12-21-18-5-3-4-16(13-18)14-20-17-8-6-15(7-9-17)10-11-19/h3-9,13,20H,2,10,12,14H2,1H3. The Morgan fingerprint density at radius 1 is 1.10 bits per heavy atom. The first-order valence-electron chi connectivity index (χ1n) is 7.23. The lowest BCUT2D eigenvalue weighted by Crippen LogP contribution is -2.01. The first kappa shape index (κ1) is 14.9.